The predicted octanol–water partition coefficient (Wildman–Crippen LogP) is 12.9. The highest BCUT2D eigenvalue weighted by Gasteiger charge is 2.16. The van der Waals surface area contributed by atoms with Crippen molar-refractivity contribution in [3.05, 3.63) is 114 Å². The zero-order chi connectivity index (χ0) is 28.3. The van der Waals surface area contributed by atoms with Crippen LogP contribution in [0.1, 0.15) is 76.3 Å². The van der Waals surface area contributed by atoms with E-state index in [9.17, 15) is 0 Å². The van der Waals surface area contributed by atoms with Crippen molar-refractivity contribution in [2.45, 2.75) is 78.1 Å². The van der Waals surface area contributed by atoms with Gasteiger partial charge in [-0.2, -0.15) is 0 Å². The third-order valence-corrected chi connectivity index (χ3v) is 10.1. The van der Waals surface area contributed by atoms with E-state index in [1.54, 1.807) is 0 Å². The maximum absolute atomic E-state index is 2.48. The highest BCUT2D eigenvalue weighted by atomic mass is 32.1. The smallest absolute Gasteiger partial charge is 0.0481 e. The van der Waals surface area contributed by atoms with E-state index in [1.807, 2.05) is 22.7 Å². The van der Waals surface area contributed by atoms with E-state index in [2.05, 4.69) is 121 Å². The first-order valence-corrected chi connectivity index (χ1v) is 17.2. The summed E-state index contributed by atoms with van der Waals surface area (Å²) in [4.78, 5) is 6.64. The Morgan fingerprint density at radius 1 is 0.561 bits per heavy atom. The molecule has 212 valence electrons. The Morgan fingerprint density at radius 2 is 1.15 bits per heavy atom. The predicted molar refractivity (Wildman–Crippen MR) is 183 cm³/mol. The molecule has 0 fully saturated rings. The molecule has 0 aliphatic carbocycles. The number of nitrogens with zero attached hydrogens (tertiary/aromatic N) is 1. The minimum atomic E-state index is 1.17. The number of thiophene rings is 2. The lowest BCUT2D eigenvalue weighted by Crippen LogP contribution is -2.09. The van der Waals surface area contributed by atoms with Gasteiger partial charge in [0.15, 0.2) is 0 Å². The molecule has 0 aliphatic rings. The summed E-state index contributed by atoms with van der Waals surface area (Å²) in [5, 5.41) is 2.40. The summed E-state index contributed by atoms with van der Waals surface area (Å²) in [5.74, 6) is 0. The maximum atomic E-state index is 2.48. The fourth-order valence-corrected chi connectivity index (χ4v) is 7.78. The van der Waals surface area contributed by atoms with Crippen LogP contribution in [0, 0.1) is 0 Å². The Hall–Kier alpha value is -3.14. The first-order valence-electron chi connectivity index (χ1n) is 15.5. The van der Waals surface area contributed by atoms with E-state index < -0.39 is 0 Å². The number of hydrogen-bond acceptors (Lipinski definition) is 3. The van der Waals surface area contributed by atoms with Gasteiger partial charge in [-0.3, -0.25) is 0 Å². The van der Waals surface area contributed by atoms with Crippen LogP contribution in [-0.2, 0) is 12.8 Å². The average Bonchev–Trinajstić information content (AvgIpc) is 3.67. The molecule has 5 aromatic rings. The molecule has 1 nitrogen and oxygen atoms in total. The molecule has 2 heterocycles. The summed E-state index contributed by atoms with van der Waals surface area (Å²) in [6, 6.07) is 35.4. The molecule has 0 atom stereocenters. The van der Waals surface area contributed by atoms with Crippen molar-refractivity contribution in [2.24, 2.45) is 0 Å². The van der Waals surface area contributed by atoms with Crippen LogP contribution in [0.4, 0.5) is 17.1 Å². The lowest BCUT2D eigenvalue weighted by atomic mass is 10.0. The van der Waals surface area contributed by atoms with Gasteiger partial charge in [0, 0.05) is 31.7 Å². The second kappa shape index (κ2) is 15.2. The monoisotopic (exact) mass is 577 g/mol. The Kier molecular flexibility index (Phi) is 10.9. The number of hydrogen-bond donors (Lipinski definition) is 0. The van der Waals surface area contributed by atoms with Gasteiger partial charge in [-0.25, -0.2) is 0 Å². The first kappa shape index (κ1) is 29.4. The first-order chi connectivity index (χ1) is 20.3. The van der Waals surface area contributed by atoms with E-state index in [-0.39, 0.29) is 0 Å². The second-order valence-corrected chi connectivity index (χ2v) is 12.9. The molecule has 2 aromatic heterocycles. The van der Waals surface area contributed by atoms with E-state index in [1.165, 1.54) is 113 Å². The van der Waals surface area contributed by atoms with Crippen LogP contribution in [0.3, 0.4) is 0 Å². The van der Waals surface area contributed by atoms with Gasteiger partial charge in [0.05, 0.1) is 0 Å². The van der Waals surface area contributed by atoms with Crippen molar-refractivity contribution < 1.29 is 0 Å². The molecule has 3 aromatic carbocycles. The molecule has 3 heteroatoms. The highest BCUT2D eigenvalue weighted by molar-refractivity contribution is 7.23. The van der Waals surface area contributed by atoms with E-state index in [0.29, 0.717) is 0 Å². The molecule has 0 amide bonds. The van der Waals surface area contributed by atoms with Crippen LogP contribution < -0.4 is 4.90 Å². The molecule has 0 spiro atoms. The van der Waals surface area contributed by atoms with Gasteiger partial charge in [0.2, 0.25) is 0 Å². The molecule has 0 bridgehead atoms. The SMILES string of the molecule is CCCCCCc1csc(-c2sc(-c3ccc(N(c4ccccc4)c4ccccc4)cc3)cc2CCCCCC)c1. The molecule has 0 unspecified atom stereocenters. The average molecular weight is 578 g/mol. The van der Waals surface area contributed by atoms with E-state index >= 15 is 0 Å². The largest absolute Gasteiger partial charge is 0.311 e. The lowest BCUT2D eigenvalue weighted by Gasteiger charge is -2.25. The Labute approximate surface area is 255 Å². The third kappa shape index (κ3) is 7.78. The number of unbranched alkanes of at least 4 members (excludes halogenated alkanes) is 6. The summed E-state index contributed by atoms with van der Waals surface area (Å²) in [7, 11) is 0. The van der Waals surface area contributed by atoms with Crippen molar-refractivity contribution in [3.8, 4) is 20.2 Å². The van der Waals surface area contributed by atoms with Crippen LogP contribution in [0.15, 0.2) is 102 Å². The van der Waals surface area contributed by atoms with Gasteiger partial charge in [-0.05, 0) is 96.3 Å². The number of anilines is 3. The topological polar surface area (TPSA) is 3.24 Å². The zero-order valence-corrected chi connectivity index (χ0v) is 26.3. The molecule has 0 N–H and O–H groups in total. The number of rotatable bonds is 15. The summed E-state index contributed by atoms with van der Waals surface area (Å²) in [5.41, 5.74) is 7.86. The van der Waals surface area contributed by atoms with Crippen LogP contribution in [0.25, 0.3) is 20.2 Å². The van der Waals surface area contributed by atoms with Crippen molar-refractivity contribution in [1.29, 1.82) is 0 Å². The van der Waals surface area contributed by atoms with Crippen LogP contribution in [-0.4, -0.2) is 0 Å². The number of benzene rings is 3. The molecule has 0 saturated heterocycles. The molecule has 0 saturated carbocycles. The zero-order valence-electron chi connectivity index (χ0n) is 24.6. The van der Waals surface area contributed by atoms with Crippen LogP contribution >= 0.6 is 22.7 Å². The molecule has 0 radical (unpaired) electrons. The third-order valence-electron chi connectivity index (χ3n) is 7.74. The highest BCUT2D eigenvalue weighted by Crippen LogP contribution is 2.43. The maximum Gasteiger partial charge on any atom is 0.0481 e. The van der Waals surface area contributed by atoms with Crippen LogP contribution in [0.2, 0.25) is 0 Å². The van der Waals surface area contributed by atoms with Gasteiger partial charge in [-0.1, -0.05) is 101 Å². The van der Waals surface area contributed by atoms with Crippen molar-refractivity contribution >= 4 is 39.7 Å². The Bertz CT molecular complexity index is 1410. The standard InChI is InChI=1S/C38H43NS2/c1-3-5-7-11-17-30-27-37(40-29-30)38-32(18-12-8-6-4-2)28-36(41-38)31-23-25-35(26-24-31)39(33-19-13-9-14-20-33)34-21-15-10-16-22-34/h9-10,13-16,19-29H,3-8,11-12,17-18H2,1-2H3. The molecule has 0 aliphatic heterocycles. The lowest BCUT2D eigenvalue weighted by molar-refractivity contribution is 0.667. The molecular formula is C38H43NS2. The molecular weight excluding hydrogens is 535 g/mol. The quantitative estimate of drug-likeness (QED) is 0.112. The van der Waals surface area contributed by atoms with E-state index in [0.717, 1.165) is 0 Å². The summed E-state index contributed by atoms with van der Waals surface area (Å²) in [6.45, 7) is 4.58. The Balaban J connectivity index is 1.41. The van der Waals surface area contributed by atoms with Crippen molar-refractivity contribution in [3.63, 3.8) is 0 Å². The van der Waals surface area contributed by atoms with Crippen molar-refractivity contribution in [2.75, 3.05) is 4.90 Å². The fraction of sp³-hybridized carbons (Fsp3) is 0.316. The van der Waals surface area contributed by atoms with Crippen molar-refractivity contribution in [1.82, 2.24) is 0 Å². The van der Waals surface area contributed by atoms with Gasteiger partial charge in [0.25, 0.3) is 0 Å². The molecule has 5 rings (SSSR count). The number of aryl methyl sites for hydroxylation is 2. The normalized spacial score (nSPS) is 11.2. The summed E-state index contributed by atoms with van der Waals surface area (Å²) in [6.07, 6.45) is 12.9. The summed E-state index contributed by atoms with van der Waals surface area (Å²) < 4.78 is 0. The second-order valence-electron chi connectivity index (χ2n) is 11.0. The van der Waals surface area contributed by atoms with E-state index in [4.69, 9.17) is 0 Å². The summed E-state index contributed by atoms with van der Waals surface area (Å²) >= 11 is 3.92. The minimum absolute atomic E-state index is 1.17. The van der Waals surface area contributed by atoms with Gasteiger partial charge in [0.1, 0.15) is 0 Å². The number of para-hydroxylation sites is 2. The molecule has 41 heavy (non-hydrogen) atoms. The Morgan fingerprint density at radius 3 is 1.76 bits per heavy atom. The minimum Gasteiger partial charge on any atom is -0.311 e. The van der Waals surface area contributed by atoms with Crippen LogP contribution in [0.5, 0.6) is 0 Å². The van der Waals surface area contributed by atoms with Gasteiger partial charge < -0.3 is 4.90 Å². The van der Waals surface area contributed by atoms with Gasteiger partial charge >= 0.3 is 0 Å². The van der Waals surface area contributed by atoms with Gasteiger partial charge in [-0.15, -0.1) is 22.7 Å². The fourth-order valence-electron chi connectivity index (χ4n) is 5.47.